The third-order valence-corrected chi connectivity index (χ3v) is 16.7. The number of β-amino-alcohol motifs (C(OH)–C–C–N with tert-alkyl or cyclic N) is 1. The van der Waals surface area contributed by atoms with E-state index in [1.54, 1.807) is 18.2 Å². The molecule has 0 bridgehead atoms. The smallest absolute Gasteiger partial charge is 0.326 e. The number of H-pyrrole nitrogens is 1. The summed E-state index contributed by atoms with van der Waals surface area (Å²) in [7, 11) is 0. The molecule has 1 saturated carbocycles. The van der Waals surface area contributed by atoms with Gasteiger partial charge in [-0.2, -0.15) is 0 Å². The number of nitrogens with zero attached hydrogens (tertiary/aromatic N) is 4. The van der Waals surface area contributed by atoms with Crippen molar-refractivity contribution in [3.8, 4) is 0 Å². The summed E-state index contributed by atoms with van der Waals surface area (Å²) in [5.41, 5.74) is 10.6. The minimum Gasteiger partial charge on any atom is -0.390 e. The number of piperidine rings is 2. The Morgan fingerprint density at radius 1 is 0.771 bits per heavy atom. The van der Waals surface area contributed by atoms with Crippen molar-refractivity contribution in [1.82, 2.24) is 40.3 Å². The molecule has 3 aliphatic rings. The molecular weight excluding hydrogens is 1050 g/mol. The number of benzene rings is 5. The predicted octanol–water partition coefficient (Wildman–Crippen LogP) is 8.95. The van der Waals surface area contributed by atoms with Crippen LogP contribution in [-0.4, -0.2) is 116 Å². The van der Waals surface area contributed by atoms with E-state index >= 15 is 0 Å². The molecule has 5 aromatic carbocycles. The van der Waals surface area contributed by atoms with Crippen LogP contribution in [0, 0.1) is 23.5 Å². The molecule has 2 saturated heterocycles. The fourth-order valence-corrected chi connectivity index (χ4v) is 12.5. The van der Waals surface area contributed by atoms with Gasteiger partial charge < -0.3 is 36.7 Å². The van der Waals surface area contributed by atoms with Gasteiger partial charge in [0.2, 0.25) is 17.7 Å². The Labute approximate surface area is 484 Å². The lowest BCUT2D eigenvalue weighted by molar-refractivity contribution is -0.133. The highest BCUT2D eigenvalue weighted by Crippen LogP contribution is 2.39. The van der Waals surface area contributed by atoms with E-state index in [4.69, 9.17) is 5.73 Å². The van der Waals surface area contributed by atoms with Crippen LogP contribution < -0.4 is 27.4 Å². The summed E-state index contributed by atoms with van der Waals surface area (Å²) in [6.45, 7) is 9.60. The summed E-state index contributed by atoms with van der Waals surface area (Å²) in [4.78, 5) is 77.2. The number of amides is 4. The number of halogens is 2. The Kier molecular flexibility index (Phi) is 20.0. The molecule has 83 heavy (non-hydrogen) atoms. The summed E-state index contributed by atoms with van der Waals surface area (Å²) in [5, 5.41) is 21.4. The van der Waals surface area contributed by atoms with Gasteiger partial charge in [0.1, 0.15) is 23.4 Å². The molecule has 4 heterocycles. The van der Waals surface area contributed by atoms with Gasteiger partial charge in [-0.25, -0.2) is 18.6 Å². The number of nitrogens with one attached hydrogen (secondary N) is 4. The van der Waals surface area contributed by atoms with Crippen molar-refractivity contribution >= 4 is 45.6 Å². The van der Waals surface area contributed by atoms with E-state index < -0.39 is 53.9 Å². The second-order valence-corrected chi connectivity index (χ2v) is 23.9. The second-order valence-electron chi connectivity index (χ2n) is 23.9. The molecule has 17 heteroatoms. The molecule has 0 unspecified atom stereocenters. The number of aliphatic hydroxyl groups is 1. The Hall–Kier alpha value is -7.60. The SMILES string of the molecule is CC(C)(C)NC(=O)[C@@H]1C[C@@H]2CCCC[C@@H]2CN1C[C@@H](O)[C@H](Cc1ccccc1)NC(=O)[C@H](CC(N)=O)NC(=O)c1ccc2ccccc2n1.O=c1[nH]c2ccccc2n1C1CCN(CCCC(c2ccc(F)cc2)c2ccc(F)cc2)CC1. The summed E-state index contributed by atoms with van der Waals surface area (Å²) in [6, 6.07) is 39.0. The lowest BCUT2D eigenvalue weighted by Gasteiger charge is -2.47. The Morgan fingerprint density at radius 3 is 2.08 bits per heavy atom. The zero-order chi connectivity index (χ0) is 58.6. The third kappa shape index (κ3) is 16.1. The van der Waals surface area contributed by atoms with E-state index in [2.05, 4.69) is 35.7 Å². The average Bonchev–Trinajstić information content (AvgIpc) is 4.01. The van der Waals surface area contributed by atoms with E-state index in [1.165, 1.54) is 30.7 Å². The quantitative estimate of drug-likeness (QED) is 0.0456. The van der Waals surface area contributed by atoms with Gasteiger partial charge >= 0.3 is 5.69 Å². The fraction of sp³-hybridized carbons (Fsp3) is 0.424. The van der Waals surface area contributed by atoms with Crippen LogP contribution >= 0.6 is 0 Å². The molecule has 0 radical (unpaired) electrons. The van der Waals surface area contributed by atoms with E-state index in [0.29, 0.717) is 23.9 Å². The summed E-state index contributed by atoms with van der Waals surface area (Å²) in [5.74, 6) is -1.60. The molecule has 2 aliphatic heterocycles. The summed E-state index contributed by atoms with van der Waals surface area (Å²) >= 11 is 0. The van der Waals surface area contributed by atoms with Gasteiger partial charge in [0, 0.05) is 49.1 Å². The van der Waals surface area contributed by atoms with E-state index in [0.717, 1.165) is 104 Å². The van der Waals surface area contributed by atoms with Crippen molar-refractivity contribution < 1.29 is 33.1 Å². The van der Waals surface area contributed by atoms with Crippen LogP contribution in [-0.2, 0) is 20.8 Å². The summed E-state index contributed by atoms with van der Waals surface area (Å²) in [6.07, 6.45) is 7.81. The highest BCUT2D eigenvalue weighted by atomic mass is 19.1. The average molecular weight is 1130 g/mol. The number of para-hydroxylation sites is 3. The summed E-state index contributed by atoms with van der Waals surface area (Å²) < 4.78 is 28.9. The van der Waals surface area contributed by atoms with Crippen LogP contribution in [0.25, 0.3) is 21.9 Å². The molecule has 10 rings (SSSR count). The number of pyridine rings is 1. The predicted molar refractivity (Wildman–Crippen MR) is 319 cm³/mol. The van der Waals surface area contributed by atoms with Gasteiger partial charge in [0.05, 0.1) is 41.2 Å². The Balaban J connectivity index is 0.000000212. The van der Waals surface area contributed by atoms with E-state index in [1.807, 2.05) is 122 Å². The molecule has 3 fully saturated rings. The van der Waals surface area contributed by atoms with E-state index in [9.17, 15) is 37.9 Å². The van der Waals surface area contributed by atoms with Crippen LogP contribution in [0.2, 0.25) is 0 Å². The number of nitrogens with two attached hydrogens (primary N) is 1. The first-order valence-corrected chi connectivity index (χ1v) is 29.4. The van der Waals surface area contributed by atoms with Gasteiger partial charge in [0.25, 0.3) is 5.91 Å². The Bertz CT molecular complexity index is 3310. The molecular formula is C66H79F2N9O6. The van der Waals surface area contributed by atoms with Crippen LogP contribution in [0.15, 0.2) is 144 Å². The van der Waals surface area contributed by atoms with Crippen LogP contribution in [0.5, 0.6) is 0 Å². The number of aromatic amines is 1. The molecule has 1 aliphatic carbocycles. The first-order valence-electron chi connectivity index (χ1n) is 29.4. The number of primary amides is 1. The first-order chi connectivity index (χ1) is 39.9. The Morgan fingerprint density at radius 2 is 1.41 bits per heavy atom. The molecule has 4 amide bonds. The minimum absolute atomic E-state index is 0.0268. The maximum atomic E-state index is 13.8. The van der Waals surface area contributed by atoms with Gasteiger partial charge in [-0.05, 0) is 149 Å². The van der Waals surface area contributed by atoms with Crippen molar-refractivity contribution in [3.05, 3.63) is 184 Å². The maximum absolute atomic E-state index is 13.8. The molecule has 7 aromatic rings. The minimum atomic E-state index is -1.30. The number of fused-ring (bicyclic) bond motifs is 3. The number of hydrogen-bond acceptors (Lipinski definition) is 9. The zero-order valence-electron chi connectivity index (χ0n) is 47.8. The standard InChI is InChI=1S/C38H50N6O5.C28H29F2N3O/c1-38(2,3)43-37(49)32-20-26-14-7-8-15-27(26)22-44(32)23-33(45)30(19-24-11-5-4-6-12-24)41-36(48)31(21-34(39)46)42-35(47)29-18-17-25-13-9-10-16-28(25)40-29;29-22-11-7-20(8-12-22)25(21-9-13-23(30)14-10-21)4-3-17-32-18-15-24(16-19-32)33-27-6-2-1-5-26(27)31-28(33)34/h4-6,9-13,16-18,26-27,30-33,45H,7-8,14-15,19-23H2,1-3H3,(H2,39,46)(H,41,48)(H,42,47)(H,43,49);1-2,5-14,24-25H,3-4,15-19H2,(H,31,34)/t26-,27+,30-,31-,32-,33+;/m0./s1. The van der Waals surface area contributed by atoms with Gasteiger partial charge in [-0.3, -0.25) is 28.6 Å². The third-order valence-electron chi connectivity index (χ3n) is 16.7. The van der Waals surface area contributed by atoms with Crippen molar-refractivity contribution in [2.75, 3.05) is 32.7 Å². The molecule has 438 valence electrons. The second kappa shape index (κ2) is 27.7. The highest BCUT2D eigenvalue weighted by Gasteiger charge is 2.42. The van der Waals surface area contributed by atoms with Crippen LogP contribution in [0.4, 0.5) is 8.78 Å². The fourth-order valence-electron chi connectivity index (χ4n) is 12.5. The number of aliphatic hydroxyl groups excluding tert-OH is 1. The normalized spacial score (nSPS) is 19.0. The number of hydrogen-bond donors (Lipinski definition) is 6. The topological polar surface area (TPSA) is 208 Å². The van der Waals surface area contributed by atoms with Gasteiger partial charge in [0.15, 0.2) is 0 Å². The van der Waals surface area contributed by atoms with Crippen LogP contribution in [0.1, 0.15) is 124 Å². The van der Waals surface area contributed by atoms with E-state index in [-0.39, 0.29) is 53.9 Å². The monoisotopic (exact) mass is 1130 g/mol. The maximum Gasteiger partial charge on any atom is 0.326 e. The van der Waals surface area contributed by atoms with Gasteiger partial charge in [-0.15, -0.1) is 0 Å². The first kappa shape index (κ1) is 60.0. The van der Waals surface area contributed by atoms with Crippen molar-refractivity contribution in [2.24, 2.45) is 17.6 Å². The lowest BCUT2D eigenvalue weighted by atomic mass is 9.72. The molecule has 2 aromatic heterocycles. The molecule has 15 nitrogen and oxygen atoms in total. The number of carbonyl (C=O) groups is 4. The zero-order valence-corrected chi connectivity index (χ0v) is 47.8. The largest absolute Gasteiger partial charge is 0.390 e. The van der Waals surface area contributed by atoms with Crippen molar-refractivity contribution in [2.45, 2.75) is 133 Å². The van der Waals surface area contributed by atoms with Gasteiger partial charge in [-0.1, -0.05) is 110 Å². The number of imidazole rings is 1. The molecule has 0 spiro atoms. The molecule has 6 atom stereocenters. The lowest BCUT2D eigenvalue weighted by Crippen LogP contribution is -2.61. The number of rotatable bonds is 19. The highest BCUT2D eigenvalue weighted by molar-refractivity contribution is 5.99. The van der Waals surface area contributed by atoms with Crippen molar-refractivity contribution in [3.63, 3.8) is 0 Å². The number of aromatic nitrogens is 3. The van der Waals surface area contributed by atoms with Crippen molar-refractivity contribution in [1.29, 1.82) is 0 Å². The number of carbonyl (C=O) groups excluding carboxylic acids is 4. The number of likely N-dealkylation sites (tertiary alicyclic amines) is 2. The molecule has 7 N–H and O–H groups in total. The van der Waals surface area contributed by atoms with Crippen LogP contribution in [0.3, 0.4) is 0 Å².